The molecule has 1 heterocycles. The van der Waals surface area contributed by atoms with Crippen molar-refractivity contribution in [1.82, 2.24) is 4.98 Å². The minimum Gasteiger partial charge on any atom is -0.465 e. The predicted octanol–water partition coefficient (Wildman–Crippen LogP) is 2.98. The molecule has 1 aromatic carbocycles. The number of aromatic nitrogens is 1. The minimum absolute atomic E-state index is 0.367. The van der Waals surface area contributed by atoms with Crippen LogP contribution in [0.3, 0.4) is 0 Å². The molecule has 0 aliphatic heterocycles. The van der Waals surface area contributed by atoms with E-state index in [1.54, 1.807) is 24.4 Å². The van der Waals surface area contributed by atoms with Crippen molar-refractivity contribution in [2.24, 2.45) is 0 Å². The Morgan fingerprint density at radius 2 is 2.12 bits per heavy atom. The van der Waals surface area contributed by atoms with Gasteiger partial charge in [-0.15, -0.1) is 0 Å². The summed E-state index contributed by atoms with van der Waals surface area (Å²) in [5, 5.41) is 1.40. The molecular formula is C12H10ClNO2. The quantitative estimate of drug-likeness (QED) is 0.714. The number of benzene rings is 1. The van der Waals surface area contributed by atoms with E-state index in [0.29, 0.717) is 10.6 Å². The Morgan fingerprint density at radius 3 is 2.81 bits per heavy atom. The first-order valence-electron chi connectivity index (χ1n) is 4.77. The van der Waals surface area contributed by atoms with Gasteiger partial charge >= 0.3 is 5.97 Å². The standard InChI is InChI=1S/C12H10ClNO2/c1-7-10(13)4-3-8-9(12(15)16-2)5-6-14-11(7)8/h3-6H,1-2H3. The number of fused-ring (bicyclic) bond motifs is 1. The van der Waals surface area contributed by atoms with Gasteiger partial charge in [0.1, 0.15) is 0 Å². The van der Waals surface area contributed by atoms with E-state index >= 15 is 0 Å². The van der Waals surface area contributed by atoms with Crippen molar-refractivity contribution in [1.29, 1.82) is 0 Å². The van der Waals surface area contributed by atoms with Gasteiger partial charge in [0.15, 0.2) is 0 Å². The van der Waals surface area contributed by atoms with Crippen LogP contribution < -0.4 is 0 Å². The van der Waals surface area contributed by atoms with Crippen LogP contribution in [-0.2, 0) is 4.74 Å². The molecule has 0 fully saturated rings. The van der Waals surface area contributed by atoms with Crippen LogP contribution in [0, 0.1) is 6.92 Å². The topological polar surface area (TPSA) is 39.2 Å². The van der Waals surface area contributed by atoms with Crippen molar-refractivity contribution < 1.29 is 9.53 Å². The lowest BCUT2D eigenvalue weighted by Gasteiger charge is -2.07. The second-order valence-corrected chi connectivity index (χ2v) is 3.83. The Bertz CT molecular complexity index is 566. The highest BCUT2D eigenvalue weighted by atomic mass is 35.5. The fraction of sp³-hybridized carbons (Fsp3) is 0.167. The lowest BCUT2D eigenvalue weighted by molar-refractivity contribution is 0.0603. The van der Waals surface area contributed by atoms with Crippen LogP contribution in [0.1, 0.15) is 15.9 Å². The number of carbonyl (C=O) groups excluding carboxylic acids is 1. The number of ether oxygens (including phenoxy) is 1. The molecule has 0 aliphatic rings. The third kappa shape index (κ3) is 1.63. The number of rotatable bonds is 1. The zero-order chi connectivity index (χ0) is 11.7. The molecule has 16 heavy (non-hydrogen) atoms. The summed E-state index contributed by atoms with van der Waals surface area (Å²) in [6.45, 7) is 1.87. The van der Waals surface area contributed by atoms with Gasteiger partial charge in [-0.2, -0.15) is 0 Å². The Labute approximate surface area is 98.0 Å². The number of halogens is 1. The molecule has 0 saturated heterocycles. The molecule has 0 aliphatic carbocycles. The molecule has 82 valence electrons. The second kappa shape index (κ2) is 4.10. The molecule has 4 heteroatoms. The van der Waals surface area contributed by atoms with E-state index in [1.807, 2.05) is 6.92 Å². The highest BCUT2D eigenvalue weighted by molar-refractivity contribution is 6.32. The number of methoxy groups -OCH3 is 1. The molecular weight excluding hydrogens is 226 g/mol. The van der Waals surface area contributed by atoms with Crippen molar-refractivity contribution in [2.45, 2.75) is 6.92 Å². The van der Waals surface area contributed by atoms with E-state index in [-0.39, 0.29) is 5.97 Å². The number of pyridine rings is 1. The van der Waals surface area contributed by atoms with Crippen molar-refractivity contribution in [3.8, 4) is 0 Å². The largest absolute Gasteiger partial charge is 0.465 e. The summed E-state index contributed by atoms with van der Waals surface area (Å²) in [6, 6.07) is 5.18. The van der Waals surface area contributed by atoms with E-state index < -0.39 is 0 Å². The Kier molecular flexibility index (Phi) is 2.79. The van der Waals surface area contributed by atoms with Gasteiger partial charge < -0.3 is 4.74 Å². The lowest BCUT2D eigenvalue weighted by atomic mass is 10.1. The van der Waals surface area contributed by atoms with Gasteiger partial charge in [0.25, 0.3) is 0 Å². The van der Waals surface area contributed by atoms with E-state index in [1.165, 1.54) is 7.11 Å². The van der Waals surface area contributed by atoms with E-state index in [2.05, 4.69) is 4.98 Å². The van der Waals surface area contributed by atoms with Gasteiger partial charge in [-0.05, 0) is 24.6 Å². The van der Waals surface area contributed by atoms with Crippen LogP contribution in [0.2, 0.25) is 5.02 Å². The van der Waals surface area contributed by atoms with Gasteiger partial charge in [-0.3, -0.25) is 4.98 Å². The van der Waals surface area contributed by atoms with Gasteiger partial charge in [-0.25, -0.2) is 4.79 Å². The number of hydrogen-bond acceptors (Lipinski definition) is 3. The van der Waals surface area contributed by atoms with Gasteiger partial charge in [0.05, 0.1) is 18.2 Å². The summed E-state index contributed by atoms with van der Waals surface area (Å²) < 4.78 is 4.71. The molecule has 2 aromatic rings. The molecule has 0 bridgehead atoms. The Morgan fingerprint density at radius 1 is 1.38 bits per heavy atom. The summed E-state index contributed by atoms with van der Waals surface area (Å²) in [4.78, 5) is 15.8. The summed E-state index contributed by atoms with van der Waals surface area (Å²) in [7, 11) is 1.36. The summed E-state index contributed by atoms with van der Waals surface area (Å²) in [6.07, 6.45) is 1.58. The molecule has 0 spiro atoms. The molecule has 1 aromatic heterocycles. The lowest BCUT2D eigenvalue weighted by Crippen LogP contribution is -2.03. The second-order valence-electron chi connectivity index (χ2n) is 3.42. The first-order chi connectivity index (χ1) is 7.65. The van der Waals surface area contributed by atoms with Gasteiger partial charge in [0, 0.05) is 16.6 Å². The molecule has 0 radical (unpaired) electrons. The Hall–Kier alpha value is -1.61. The molecule has 0 N–H and O–H groups in total. The van der Waals surface area contributed by atoms with E-state index in [0.717, 1.165) is 16.5 Å². The first-order valence-corrected chi connectivity index (χ1v) is 5.15. The van der Waals surface area contributed by atoms with E-state index in [4.69, 9.17) is 16.3 Å². The van der Waals surface area contributed by atoms with Crippen molar-refractivity contribution in [3.63, 3.8) is 0 Å². The fourth-order valence-corrected chi connectivity index (χ4v) is 1.78. The average molecular weight is 236 g/mol. The average Bonchev–Trinajstić information content (AvgIpc) is 2.32. The SMILES string of the molecule is COC(=O)c1ccnc2c(C)c(Cl)ccc12. The zero-order valence-electron chi connectivity index (χ0n) is 8.95. The number of aryl methyl sites for hydroxylation is 1. The van der Waals surface area contributed by atoms with Crippen LogP contribution in [0.15, 0.2) is 24.4 Å². The van der Waals surface area contributed by atoms with Gasteiger partial charge in [0.2, 0.25) is 0 Å². The maximum absolute atomic E-state index is 11.5. The van der Waals surface area contributed by atoms with E-state index in [9.17, 15) is 4.79 Å². The van der Waals surface area contributed by atoms with Crippen LogP contribution in [-0.4, -0.2) is 18.1 Å². The maximum Gasteiger partial charge on any atom is 0.338 e. The van der Waals surface area contributed by atoms with Crippen LogP contribution in [0.25, 0.3) is 10.9 Å². The summed E-state index contributed by atoms with van der Waals surface area (Å²) >= 11 is 6.00. The molecule has 0 amide bonds. The van der Waals surface area contributed by atoms with Crippen molar-refractivity contribution in [3.05, 3.63) is 40.5 Å². The number of esters is 1. The normalized spacial score (nSPS) is 10.4. The van der Waals surface area contributed by atoms with Crippen LogP contribution in [0.5, 0.6) is 0 Å². The fourth-order valence-electron chi connectivity index (χ4n) is 1.62. The number of nitrogens with zero attached hydrogens (tertiary/aromatic N) is 1. The first kappa shape index (κ1) is 10.9. The Balaban J connectivity index is 2.79. The number of hydrogen-bond donors (Lipinski definition) is 0. The number of carbonyl (C=O) groups is 1. The zero-order valence-corrected chi connectivity index (χ0v) is 9.71. The summed E-state index contributed by atoms with van der Waals surface area (Å²) in [5.41, 5.74) is 2.10. The monoisotopic (exact) mass is 235 g/mol. The third-order valence-electron chi connectivity index (χ3n) is 2.51. The van der Waals surface area contributed by atoms with Crippen LogP contribution in [0.4, 0.5) is 0 Å². The van der Waals surface area contributed by atoms with Crippen molar-refractivity contribution >= 4 is 28.5 Å². The third-order valence-corrected chi connectivity index (χ3v) is 2.91. The summed E-state index contributed by atoms with van der Waals surface area (Å²) in [5.74, 6) is -0.367. The highest BCUT2D eigenvalue weighted by Crippen LogP contribution is 2.26. The van der Waals surface area contributed by atoms with Crippen molar-refractivity contribution in [2.75, 3.05) is 7.11 Å². The van der Waals surface area contributed by atoms with Crippen LogP contribution >= 0.6 is 11.6 Å². The molecule has 2 rings (SSSR count). The molecule has 0 saturated carbocycles. The molecule has 3 nitrogen and oxygen atoms in total. The predicted molar refractivity (Wildman–Crippen MR) is 62.8 cm³/mol. The smallest absolute Gasteiger partial charge is 0.338 e. The highest BCUT2D eigenvalue weighted by Gasteiger charge is 2.12. The molecule has 0 unspecified atom stereocenters. The maximum atomic E-state index is 11.5. The van der Waals surface area contributed by atoms with Gasteiger partial charge in [-0.1, -0.05) is 17.7 Å². The minimum atomic E-state index is -0.367. The molecule has 0 atom stereocenters.